The van der Waals surface area contributed by atoms with Crippen molar-refractivity contribution in [1.82, 2.24) is 10.9 Å². The maximum Gasteiger partial charge on any atom is 0.238 e. The van der Waals surface area contributed by atoms with Gasteiger partial charge in [-0.2, -0.15) is 5.26 Å². The molecule has 5 aliphatic rings. The molecular formula is C33H45N3O4. The van der Waals surface area contributed by atoms with Crippen molar-refractivity contribution in [3.05, 3.63) is 23.3 Å². The molecule has 0 aromatic heterocycles. The fourth-order valence-electron chi connectivity index (χ4n) is 10.3. The molecule has 40 heavy (non-hydrogen) atoms. The molecule has 8 atom stereocenters. The van der Waals surface area contributed by atoms with E-state index in [1.54, 1.807) is 0 Å². The number of hydrogen-bond donors (Lipinski definition) is 2. The fourth-order valence-corrected chi connectivity index (χ4v) is 10.3. The average molecular weight is 548 g/mol. The highest BCUT2D eigenvalue weighted by Crippen LogP contribution is 2.74. The summed E-state index contributed by atoms with van der Waals surface area (Å²) >= 11 is 0. The summed E-state index contributed by atoms with van der Waals surface area (Å²) < 4.78 is 0. The van der Waals surface area contributed by atoms with Gasteiger partial charge in [0.2, 0.25) is 12.3 Å². The molecule has 5 rings (SSSR count). The van der Waals surface area contributed by atoms with Gasteiger partial charge in [0.1, 0.15) is 6.07 Å². The zero-order chi connectivity index (χ0) is 29.3. The van der Waals surface area contributed by atoms with Crippen molar-refractivity contribution in [3.8, 4) is 6.07 Å². The Morgan fingerprint density at radius 1 is 1.07 bits per heavy atom. The normalized spacial score (nSPS) is 43.4. The van der Waals surface area contributed by atoms with Crippen LogP contribution in [0, 0.1) is 62.1 Å². The zero-order valence-corrected chi connectivity index (χ0v) is 25.0. The van der Waals surface area contributed by atoms with Crippen LogP contribution in [0.25, 0.3) is 0 Å². The minimum Gasteiger partial charge on any atom is -0.295 e. The highest BCUT2D eigenvalue weighted by atomic mass is 16.2. The Morgan fingerprint density at radius 3 is 2.45 bits per heavy atom. The molecule has 0 heterocycles. The van der Waals surface area contributed by atoms with Crippen LogP contribution in [0.4, 0.5) is 0 Å². The number of nitriles is 1. The maximum atomic E-state index is 14.5. The second-order valence-electron chi connectivity index (χ2n) is 15.1. The summed E-state index contributed by atoms with van der Waals surface area (Å²) in [7, 11) is 0. The smallest absolute Gasteiger partial charge is 0.238 e. The van der Waals surface area contributed by atoms with Gasteiger partial charge in [0, 0.05) is 23.7 Å². The molecule has 3 saturated carbocycles. The van der Waals surface area contributed by atoms with Gasteiger partial charge >= 0.3 is 0 Å². The number of fused-ring (bicyclic) bond motifs is 7. The van der Waals surface area contributed by atoms with E-state index < -0.39 is 5.41 Å². The number of nitrogens with one attached hydrogen (secondary N) is 2. The Bertz CT molecular complexity index is 1260. The first-order chi connectivity index (χ1) is 18.7. The number of allylic oxidation sites excluding steroid dienone is 4. The van der Waals surface area contributed by atoms with Gasteiger partial charge in [-0.3, -0.25) is 30.0 Å². The number of nitrogens with zero attached hydrogens (tertiary/aromatic N) is 1. The number of hydrogen-bond acceptors (Lipinski definition) is 5. The average Bonchev–Trinajstić information content (AvgIpc) is 2.90. The van der Waals surface area contributed by atoms with Crippen LogP contribution in [-0.4, -0.2) is 23.9 Å². The number of ketones is 2. The molecule has 0 aromatic rings. The zero-order valence-electron chi connectivity index (χ0n) is 25.0. The lowest BCUT2D eigenvalue weighted by atomic mass is 9.34. The van der Waals surface area contributed by atoms with E-state index in [9.17, 15) is 24.4 Å². The largest absolute Gasteiger partial charge is 0.295 e. The van der Waals surface area contributed by atoms with Crippen molar-refractivity contribution in [2.75, 3.05) is 0 Å². The summed E-state index contributed by atoms with van der Waals surface area (Å²) in [6.07, 6.45) is 12.1. The summed E-state index contributed by atoms with van der Waals surface area (Å²) in [4.78, 5) is 50.6. The summed E-state index contributed by atoms with van der Waals surface area (Å²) in [6.45, 7) is 13.4. The van der Waals surface area contributed by atoms with Crippen molar-refractivity contribution < 1.29 is 19.2 Å². The van der Waals surface area contributed by atoms with Gasteiger partial charge in [-0.25, -0.2) is 0 Å². The van der Waals surface area contributed by atoms with Crippen molar-refractivity contribution >= 4 is 23.9 Å². The third-order valence-electron chi connectivity index (χ3n) is 12.8. The van der Waals surface area contributed by atoms with Gasteiger partial charge in [-0.05, 0) is 90.9 Å². The third-order valence-corrected chi connectivity index (χ3v) is 12.8. The van der Waals surface area contributed by atoms with Crippen molar-refractivity contribution in [3.63, 3.8) is 0 Å². The third kappa shape index (κ3) is 3.96. The van der Waals surface area contributed by atoms with Gasteiger partial charge in [0.25, 0.3) is 0 Å². The monoisotopic (exact) mass is 547 g/mol. The molecule has 3 fully saturated rings. The van der Waals surface area contributed by atoms with Crippen LogP contribution < -0.4 is 10.9 Å². The number of carbonyl (C=O) groups is 4. The Balaban J connectivity index is 1.58. The SMILES string of the molecule is C[C@@H]1C(=O)C(C#N)=C[C@]2(C)C3=CC(=O)C4C5CC(C)(C)CC[C@]5(CCC(=O)NNC=O)CC[C@@]4(C)[C@]3(C)CC[C@@H]12. The first-order valence-electron chi connectivity index (χ1n) is 15.1. The first kappa shape index (κ1) is 28.8. The van der Waals surface area contributed by atoms with Crippen LogP contribution in [0.2, 0.25) is 0 Å². The number of carbonyl (C=O) groups excluding carboxylic acids is 4. The number of Topliss-reactive ketones (excluding diaryl/α,β-unsaturated/α-hetero) is 1. The quantitative estimate of drug-likeness (QED) is 0.354. The van der Waals surface area contributed by atoms with Crippen LogP contribution in [-0.2, 0) is 19.2 Å². The van der Waals surface area contributed by atoms with Crippen LogP contribution in [0.1, 0.15) is 99.3 Å². The molecule has 2 N–H and O–H groups in total. The Kier molecular flexibility index (Phi) is 6.75. The van der Waals surface area contributed by atoms with E-state index >= 15 is 0 Å². The Morgan fingerprint density at radius 2 is 1.77 bits per heavy atom. The molecule has 0 spiro atoms. The van der Waals surface area contributed by atoms with Crippen LogP contribution in [0.15, 0.2) is 23.3 Å². The minimum atomic E-state index is -0.501. The first-order valence-corrected chi connectivity index (χ1v) is 15.1. The summed E-state index contributed by atoms with van der Waals surface area (Å²) in [6, 6.07) is 2.16. The highest BCUT2D eigenvalue weighted by molar-refractivity contribution is 6.02. The topological polar surface area (TPSA) is 116 Å². The van der Waals surface area contributed by atoms with Gasteiger partial charge in [-0.1, -0.05) is 53.2 Å². The lowest BCUT2D eigenvalue weighted by Crippen LogP contribution is -2.64. The molecule has 0 aromatic carbocycles. The summed E-state index contributed by atoms with van der Waals surface area (Å²) in [5.74, 6) is -0.200. The van der Waals surface area contributed by atoms with Crippen molar-refractivity contribution in [2.45, 2.75) is 99.3 Å². The Hall–Kier alpha value is -2.75. The predicted octanol–water partition coefficient (Wildman–Crippen LogP) is 5.37. The summed E-state index contributed by atoms with van der Waals surface area (Å²) in [5.41, 5.74) is 5.12. The van der Waals surface area contributed by atoms with E-state index in [0.717, 1.165) is 50.5 Å². The lowest BCUT2D eigenvalue weighted by molar-refractivity contribution is -0.171. The van der Waals surface area contributed by atoms with Gasteiger partial charge in [0.05, 0.1) is 5.57 Å². The number of hydrazine groups is 1. The molecule has 2 amide bonds. The van der Waals surface area contributed by atoms with E-state index in [0.29, 0.717) is 19.3 Å². The van der Waals surface area contributed by atoms with Crippen LogP contribution in [0.3, 0.4) is 0 Å². The predicted molar refractivity (Wildman–Crippen MR) is 151 cm³/mol. The van der Waals surface area contributed by atoms with Crippen LogP contribution >= 0.6 is 0 Å². The standard InChI is InChI=1S/C33H45N3O4/c1-20-22-7-9-31(5)25(30(22,4)16-21(18-34)28(20)40)15-24(38)27-23-17-29(2,3)11-13-33(23,14-12-32(27,31)6)10-8-26(39)36-35-19-37/h15-16,19-20,22-23,27H,7-14,17H2,1-6H3,(H,35,37)(H,36,39)/t20-,22-,23?,27?,30-,31+,32+,33+/m0/s1. The molecule has 5 aliphatic carbocycles. The minimum absolute atomic E-state index is 0.0698. The van der Waals surface area contributed by atoms with E-state index in [-0.39, 0.29) is 68.4 Å². The molecule has 0 bridgehead atoms. The Labute approximate surface area is 238 Å². The molecular weight excluding hydrogens is 502 g/mol. The molecule has 0 aliphatic heterocycles. The number of amides is 2. The van der Waals surface area contributed by atoms with E-state index in [2.05, 4.69) is 51.5 Å². The fraction of sp³-hybridized carbons (Fsp3) is 0.727. The summed E-state index contributed by atoms with van der Waals surface area (Å²) in [5, 5.41) is 9.80. The lowest BCUT2D eigenvalue weighted by Gasteiger charge is -2.69. The maximum absolute atomic E-state index is 14.5. The van der Waals surface area contributed by atoms with Gasteiger partial charge in [0.15, 0.2) is 11.6 Å². The molecule has 7 nitrogen and oxygen atoms in total. The van der Waals surface area contributed by atoms with Crippen molar-refractivity contribution in [2.24, 2.45) is 50.7 Å². The van der Waals surface area contributed by atoms with E-state index in [1.807, 2.05) is 19.1 Å². The van der Waals surface area contributed by atoms with E-state index in [4.69, 9.17) is 0 Å². The van der Waals surface area contributed by atoms with Gasteiger partial charge in [-0.15, -0.1) is 0 Å². The highest BCUT2D eigenvalue weighted by Gasteiger charge is 2.68. The molecule has 2 unspecified atom stereocenters. The molecule has 216 valence electrons. The second-order valence-corrected chi connectivity index (χ2v) is 15.1. The van der Waals surface area contributed by atoms with Gasteiger partial charge < -0.3 is 0 Å². The molecule has 0 saturated heterocycles. The number of rotatable bonds is 5. The second kappa shape index (κ2) is 9.39. The molecule has 0 radical (unpaired) electrons. The van der Waals surface area contributed by atoms with Crippen molar-refractivity contribution in [1.29, 1.82) is 5.26 Å². The van der Waals surface area contributed by atoms with E-state index in [1.165, 1.54) is 0 Å². The van der Waals surface area contributed by atoms with Crippen LogP contribution in [0.5, 0.6) is 0 Å². The molecule has 7 heteroatoms.